The molecule has 0 spiro atoms. The van der Waals surface area contributed by atoms with Gasteiger partial charge in [0.15, 0.2) is 6.61 Å². The van der Waals surface area contributed by atoms with Crippen LogP contribution in [0.2, 0.25) is 0 Å². The Hall–Kier alpha value is -3.02. The highest BCUT2D eigenvalue weighted by molar-refractivity contribution is 5.99. The zero-order valence-electron chi connectivity index (χ0n) is 14.2. The quantitative estimate of drug-likeness (QED) is 0.877. The number of rotatable bonds is 5. The third kappa shape index (κ3) is 3.57. The van der Waals surface area contributed by atoms with Crippen molar-refractivity contribution in [2.24, 2.45) is 0 Å². The van der Waals surface area contributed by atoms with Crippen LogP contribution in [0.1, 0.15) is 35.3 Å². The molecule has 0 saturated carbocycles. The fraction of sp³-hybridized carbons (Fsp3) is 0.263. The van der Waals surface area contributed by atoms with Crippen LogP contribution in [0, 0.1) is 0 Å². The maximum Gasteiger partial charge on any atom is 0.262 e. The fourth-order valence-electron chi connectivity index (χ4n) is 2.81. The van der Waals surface area contributed by atoms with Crippen molar-refractivity contribution in [3.05, 3.63) is 53.6 Å². The van der Waals surface area contributed by atoms with Gasteiger partial charge in [-0.25, -0.2) is 0 Å². The molecule has 0 radical (unpaired) electrons. The van der Waals surface area contributed by atoms with Crippen molar-refractivity contribution in [1.82, 2.24) is 5.32 Å². The second-order valence-electron chi connectivity index (χ2n) is 5.72. The summed E-state index contributed by atoms with van der Waals surface area (Å²) in [5.74, 6) is 0.830. The lowest BCUT2D eigenvalue weighted by molar-refractivity contribution is -0.118. The number of hydrogen-bond acceptors (Lipinski definition) is 4. The van der Waals surface area contributed by atoms with E-state index in [1.807, 2.05) is 31.2 Å². The number of anilines is 1. The van der Waals surface area contributed by atoms with Crippen LogP contribution in [0.15, 0.2) is 42.5 Å². The summed E-state index contributed by atoms with van der Waals surface area (Å²) < 4.78 is 10.8. The van der Waals surface area contributed by atoms with Gasteiger partial charge in [-0.05, 0) is 30.7 Å². The molecule has 2 aromatic rings. The molecule has 0 saturated heterocycles. The predicted molar refractivity (Wildman–Crippen MR) is 94.1 cm³/mol. The smallest absolute Gasteiger partial charge is 0.262 e. The van der Waals surface area contributed by atoms with E-state index in [1.54, 1.807) is 25.3 Å². The number of nitrogens with one attached hydrogen (secondary N) is 2. The summed E-state index contributed by atoms with van der Waals surface area (Å²) in [5, 5.41) is 5.73. The van der Waals surface area contributed by atoms with Crippen molar-refractivity contribution >= 4 is 17.5 Å². The first-order valence-corrected chi connectivity index (χ1v) is 8.13. The number of carbonyl (C=O) groups is 2. The van der Waals surface area contributed by atoms with Crippen molar-refractivity contribution in [1.29, 1.82) is 0 Å². The molecule has 1 aliphatic rings. The monoisotopic (exact) mass is 340 g/mol. The summed E-state index contributed by atoms with van der Waals surface area (Å²) in [5.41, 5.74) is 1.98. The fourth-order valence-corrected chi connectivity index (χ4v) is 2.81. The van der Waals surface area contributed by atoms with Gasteiger partial charge >= 0.3 is 0 Å². The van der Waals surface area contributed by atoms with Crippen molar-refractivity contribution in [2.45, 2.75) is 19.4 Å². The molecule has 0 aromatic heterocycles. The summed E-state index contributed by atoms with van der Waals surface area (Å²) in [6.07, 6.45) is 0.726. The highest BCUT2D eigenvalue weighted by Gasteiger charge is 2.20. The minimum atomic E-state index is -0.207. The van der Waals surface area contributed by atoms with Gasteiger partial charge in [0.25, 0.3) is 11.8 Å². The van der Waals surface area contributed by atoms with E-state index in [4.69, 9.17) is 9.47 Å². The molecule has 0 bridgehead atoms. The maximum atomic E-state index is 12.6. The average molecular weight is 340 g/mol. The molecule has 6 heteroatoms. The Labute approximate surface area is 146 Å². The average Bonchev–Trinajstić information content (AvgIpc) is 2.65. The van der Waals surface area contributed by atoms with Gasteiger partial charge in [-0.2, -0.15) is 0 Å². The molecule has 0 fully saturated rings. The lowest BCUT2D eigenvalue weighted by Gasteiger charge is -2.21. The van der Waals surface area contributed by atoms with Gasteiger partial charge in [-0.3, -0.25) is 9.59 Å². The second kappa shape index (κ2) is 7.25. The Kier molecular flexibility index (Phi) is 4.88. The van der Waals surface area contributed by atoms with Crippen molar-refractivity contribution in [2.75, 3.05) is 19.0 Å². The molecule has 1 aliphatic heterocycles. The van der Waals surface area contributed by atoms with Crippen molar-refractivity contribution in [3.63, 3.8) is 0 Å². The number of para-hydroxylation sites is 1. The Balaban J connectivity index is 1.80. The first kappa shape index (κ1) is 16.8. The van der Waals surface area contributed by atoms with E-state index in [0.717, 1.165) is 17.7 Å². The topological polar surface area (TPSA) is 76.7 Å². The first-order chi connectivity index (χ1) is 12.1. The highest BCUT2D eigenvalue weighted by atomic mass is 16.5. The zero-order valence-corrected chi connectivity index (χ0v) is 14.2. The van der Waals surface area contributed by atoms with Crippen LogP contribution in [0.3, 0.4) is 0 Å². The lowest BCUT2D eigenvalue weighted by atomic mass is 10.0. The van der Waals surface area contributed by atoms with Gasteiger partial charge in [-0.1, -0.05) is 25.1 Å². The van der Waals surface area contributed by atoms with E-state index in [9.17, 15) is 9.59 Å². The first-order valence-electron chi connectivity index (χ1n) is 8.13. The van der Waals surface area contributed by atoms with E-state index in [-0.39, 0.29) is 24.5 Å². The number of ether oxygens (including phenoxy) is 2. The molecule has 25 heavy (non-hydrogen) atoms. The Morgan fingerprint density at radius 3 is 2.88 bits per heavy atom. The lowest BCUT2D eigenvalue weighted by Crippen LogP contribution is -2.29. The standard InChI is InChI=1S/C19H20N2O4/c1-3-14(13-6-4-5-7-16(13)24-2)21-19(23)12-8-9-15-17(10-12)25-11-18(22)20-15/h4-10,14H,3,11H2,1-2H3,(H,20,22)(H,21,23)/t14-/m1/s1. The highest BCUT2D eigenvalue weighted by Crippen LogP contribution is 2.30. The Morgan fingerprint density at radius 1 is 1.32 bits per heavy atom. The van der Waals surface area contributed by atoms with Crippen LogP contribution in [-0.2, 0) is 4.79 Å². The van der Waals surface area contributed by atoms with E-state index in [0.29, 0.717) is 17.0 Å². The largest absolute Gasteiger partial charge is 0.496 e. The zero-order chi connectivity index (χ0) is 17.8. The minimum Gasteiger partial charge on any atom is -0.496 e. The third-order valence-electron chi connectivity index (χ3n) is 4.10. The molecular formula is C19H20N2O4. The Morgan fingerprint density at radius 2 is 2.12 bits per heavy atom. The molecule has 1 atom stereocenters. The van der Waals surface area contributed by atoms with Gasteiger partial charge < -0.3 is 20.1 Å². The summed E-state index contributed by atoms with van der Waals surface area (Å²) >= 11 is 0. The van der Waals surface area contributed by atoms with Crippen LogP contribution in [0.25, 0.3) is 0 Å². The number of carbonyl (C=O) groups excluding carboxylic acids is 2. The van der Waals surface area contributed by atoms with Crippen molar-refractivity contribution in [3.8, 4) is 11.5 Å². The van der Waals surface area contributed by atoms with E-state index >= 15 is 0 Å². The number of fused-ring (bicyclic) bond motifs is 1. The van der Waals surface area contributed by atoms with Gasteiger partial charge in [0.05, 0.1) is 18.8 Å². The predicted octanol–water partition coefficient (Wildman–Crippen LogP) is 2.91. The number of benzene rings is 2. The van der Waals surface area contributed by atoms with Crippen LogP contribution >= 0.6 is 0 Å². The van der Waals surface area contributed by atoms with Gasteiger partial charge in [0, 0.05) is 11.1 Å². The van der Waals surface area contributed by atoms with Gasteiger partial charge in [0.2, 0.25) is 0 Å². The molecule has 0 unspecified atom stereocenters. The molecule has 2 aromatic carbocycles. The SMILES string of the molecule is CC[C@@H](NC(=O)c1ccc2c(c1)OCC(=O)N2)c1ccccc1OC. The van der Waals surface area contributed by atoms with E-state index in [2.05, 4.69) is 10.6 Å². The summed E-state index contributed by atoms with van der Waals surface area (Å²) in [7, 11) is 1.61. The number of methoxy groups -OCH3 is 1. The summed E-state index contributed by atoms with van der Waals surface area (Å²) in [4.78, 5) is 24.0. The molecule has 1 heterocycles. The summed E-state index contributed by atoms with van der Waals surface area (Å²) in [6, 6.07) is 12.4. The minimum absolute atomic E-state index is 0.0448. The Bertz CT molecular complexity index is 804. The number of hydrogen-bond donors (Lipinski definition) is 2. The number of amides is 2. The van der Waals surface area contributed by atoms with E-state index in [1.165, 1.54) is 0 Å². The molecule has 2 N–H and O–H groups in total. The van der Waals surface area contributed by atoms with Crippen LogP contribution in [-0.4, -0.2) is 25.5 Å². The van der Waals surface area contributed by atoms with E-state index < -0.39 is 0 Å². The van der Waals surface area contributed by atoms with Crippen molar-refractivity contribution < 1.29 is 19.1 Å². The molecule has 3 rings (SSSR count). The van der Waals surface area contributed by atoms with Gasteiger partial charge in [-0.15, -0.1) is 0 Å². The van der Waals surface area contributed by atoms with Crippen LogP contribution in [0.5, 0.6) is 11.5 Å². The molecular weight excluding hydrogens is 320 g/mol. The summed E-state index contributed by atoms with van der Waals surface area (Å²) in [6.45, 7) is 1.96. The van der Waals surface area contributed by atoms with Gasteiger partial charge in [0.1, 0.15) is 11.5 Å². The maximum absolute atomic E-state index is 12.6. The van der Waals surface area contributed by atoms with Crippen LogP contribution in [0.4, 0.5) is 5.69 Å². The second-order valence-corrected chi connectivity index (χ2v) is 5.72. The normalized spacial score (nSPS) is 13.9. The van der Waals surface area contributed by atoms with Crippen LogP contribution < -0.4 is 20.1 Å². The molecule has 130 valence electrons. The molecule has 2 amide bonds. The molecule has 6 nitrogen and oxygen atoms in total. The third-order valence-corrected chi connectivity index (χ3v) is 4.10. The molecule has 0 aliphatic carbocycles.